The molecule has 0 unspecified atom stereocenters. The standard InChI is InChI=1S/C16H23N3O2/c1-17-16(21)18-15(20)12-19-9-7-14(8-10-19)11-13-5-3-2-4-6-13/h2-6,14H,7-12H2,1H3,(H2,17,18,20,21)/p+1. The summed E-state index contributed by atoms with van der Waals surface area (Å²) in [6.07, 6.45) is 3.40. The molecule has 1 heterocycles. The topological polar surface area (TPSA) is 62.6 Å². The monoisotopic (exact) mass is 290 g/mol. The predicted molar refractivity (Wildman–Crippen MR) is 81.0 cm³/mol. The molecule has 114 valence electrons. The summed E-state index contributed by atoms with van der Waals surface area (Å²) in [6.45, 7) is 2.38. The van der Waals surface area contributed by atoms with Crippen molar-refractivity contribution in [3.05, 3.63) is 35.9 Å². The van der Waals surface area contributed by atoms with Gasteiger partial charge in [-0.2, -0.15) is 0 Å². The fraction of sp³-hybridized carbons (Fsp3) is 0.500. The minimum absolute atomic E-state index is 0.203. The Morgan fingerprint density at radius 1 is 1.19 bits per heavy atom. The van der Waals surface area contributed by atoms with E-state index < -0.39 is 6.03 Å². The van der Waals surface area contributed by atoms with E-state index in [2.05, 4.69) is 34.9 Å². The maximum Gasteiger partial charge on any atom is 0.321 e. The Balaban J connectivity index is 1.71. The van der Waals surface area contributed by atoms with E-state index in [0.29, 0.717) is 12.5 Å². The van der Waals surface area contributed by atoms with Crippen molar-refractivity contribution in [1.82, 2.24) is 10.6 Å². The average Bonchev–Trinajstić information content (AvgIpc) is 2.50. The molecule has 21 heavy (non-hydrogen) atoms. The summed E-state index contributed by atoms with van der Waals surface area (Å²) in [7, 11) is 1.50. The highest BCUT2D eigenvalue weighted by molar-refractivity contribution is 5.94. The molecule has 2 rings (SSSR count). The molecule has 1 saturated heterocycles. The Kier molecular flexibility index (Phi) is 5.75. The van der Waals surface area contributed by atoms with E-state index in [1.54, 1.807) is 0 Å². The van der Waals surface area contributed by atoms with Gasteiger partial charge >= 0.3 is 6.03 Å². The Bertz CT molecular complexity index is 468. The first-order valence-corrected chi connectivity index (χ1v) is 7.56. The number of amides is 3. The summed E-state index contributed by atoms with van der Waals surface area (Å²) in [5.41, 5.74) is 1.39. The Labute approximate surface area is 125 Å². The number of carbonyl (C=O) groups is 2. The molecular weight excluding hydrogens is 266 g/mol. The van der Waals surface area contributed by atoms with Crippen molar-refractivity contribution in [2.24, 2.45) is 5.92 Å². The van der Waals surface area contributed by atoms with Gasteiger partial charge in [0.15, 0.2) is 6.54 Å². The lowest BCUT2D eigenvalue weighted by Crippen LogP contribution is -3.14. The molecule has 0 spiro atoms. The fourth-order valence-corrected chi connectivity index (χ4v) is 2.87. The third-order valence-electron chi connectivity index (χ3n) is 4.07. The molecule has 5 heteroatoms. The van der Waals surface area contributed by atoms with Crippen molar-refractivity contribution in [1.29, 1.82) is 0 Å². The van der Waals surface area contributed by atoms with Crippen LogP contribution in [-0.2, 0) is 11.2 Å². The van der Waals surface area contributed by atoms with Crippen LogP contribution in [0.4, 0.5) is 4.79 Å². The first-order valence-electron chi connectivity index (χ1n) is 7.56. The van der Waals surface area contributed by atoms with Crippen molar-refractivity contribution < 1.29 is 14.5 Å². The van der Waals surface area contributed by atoms with Gasteiger partial charge in [0.1, 0.15) is 0 Å². The van der Waals surface area contributed by atoms with E-state index >= 15 is 0 Å². The lowest BCUT2D eigenvalue weighted by molar-refractivity contribution is -0.898. The summed E-state index contributed by atoms with van der Waals surface area (Å²) in [5, 5.41) is 4.71. The number of piperidine rings is 1. The van der Waals surface area contributed by atoms with Crippen LogP contribution >= 0.6 is 0 Å². The van der Waals surface area contributed by atoms with E-state index in [0.717, 1.165) is 32.4 Å². The summed E-state index contributed by atoms with van der Waals surface area (Å²) < 4.78 is 0. The van der Waals surface area contributed by atoms with Crippen LogP contribution in [0, 0.1) is 5.92 Å². The number of hydrogen-bond acceptors (Lipinski definition) is 2. The van der Waals surface area contributed by atoms with Gasteiger partial charge in [-0.15, -0.1) is 0 Å². The molecule has 3 amide bonds. The molecular formula is C16H24N3O2+. The third-order valence-corrected chi connectivity index (χ3v) is 4.07. The molecule has 3 N–H and O–H groups in total. The zero-order chi connectivity index (χ0) is 15.1. The van der Waals surface area contributed by atoms with Crippen molar-refractivity contribution in [2.45, 2.75) is 19.3 Å². The highest BCUT2D eigenvalue weighted by Crippen LogP contribution is 2.16. The number of nitrogens with one attached hydrogen (secondary N) is 3. The van der Waals surface area contributed by atoms with Gasteiger partial charge in [0.25, 0.3) is 5.91 Å². The second-order valence-corrected chi connectivity index (χ2v) is 5.69. The maximum absolute atomic E-state index is 11.7. The molecule has 0 aliphatic carbocycles. The molecule has 0 atom stereocenters. The average molecular weight is 290 g/mol. The Hall–Kier alpha value is -1.88. The number of quaternary nitrogens is 1. The van der Waals surface area contributed by atoms with E-state index in [4.69, 9.17) is 0 Å². The first kappa shape index (κ1) is 15.5. The Morgan fingerprint density at radius 3 is 2.48 bits per heavy atom. The molecule has 0 radical (unpaired) electrons. The van der Waals surface area contributed by atoms with Gasteiger partial charge < -0.3 is 10.2 Å². The zero-order valence-corrected chi connectivity index (χ0v) is 12.5. The van der Waals surface area contributed by atoms with Crippen LogP contribution in [0.15, 0.2) is 30.3 Å². The van der Waals surface area contributed by atoms with Crippen molar-refractivity contribution in [2.75, 3.05) is 26.7 Å². The van der Waals surface area contributed by atoms with Gasteiger partial charge in [-0.05, 0) is 30.7 Å². The lowest BCUT2D eigenvalue weighted by Gasteiger charge is -2.28. The normalized spacial score (nSPS) is 21.6. The van der Waals surface area contributed by atoms with E-state index in [9.17, 15) is 9.59 Å². The molecule has 0 aromatic heterocycles. The van der Waals surface area contributed by atoms with E-state index in [-0.39, 0.29) is 5.91 Å². The molecule has 1 fully saturated rings. The van der Waals surface area contributed by atoms with Crippen LogP contribution in [0.2, 0.25) is 0 Å². The van der Waals surface area contributed by atoms with Crippen LogP contribution in [0.25, 0.3) is 0 Å². The largest absolute Gasteiger partial charge is 0.341 e. The minimum atomic E-state index is -0.432. The SMILES string of the molecule is CNC(=O)NC(=O)C[NH+]1CCC(Cc2ccccc2)CC1. The summed E-state index contributed by atoms with van der Waals surface area (Å²) >= 11 is 0. The van der Waals surface area contributed by atoms with Gasteiger partial charge in [-0.25, -0.2) is 4.79 Å². The number of carbonyl (C=O) groups excluding carboxylic acids is 2. The summed E-state index contributed by atoms with van der Waals surface area (Å²) in [4.78, 5) is 24.0. The van der Waals surface area contributed by atoms with Gasteiger partial charge in [-0.3, -0.25) is 10.1 Å². The van der Waals surface area contributed by atoms with Crippen LogP contribution < -0.4 is 15.5 Å². The van der Waals surface area contributed by atoms with Crippen molar-refractivity contribution in [3.63, 3.8) is 0 Å². The summed E-state index contributed by atoms with van der Waals surface area (Å²) in [5.74, 6) is 0.504. The molecule has 1 aliphatic rings. The second kappa shape index (κ2) is 7.78. The Morgan fingerprint density at radius 2 is 1.86 bits per heavy atom. The number of urea groups is 1. The number of hydrogen-bond donors (Lipinski definition) is 3. The highest BCUT2D eigenvalue weighted by Gasteiger charge is 2.24. The molecule has 1 aromatic rings. The van der Waals surface area contributed by atoms with Crippen LogP contribution in [0.3, 0.4) is 0 Å². The van der Waals surface area contributed by atoms with Crippen LogP contribution in [0.5, 0.6) is 0 Å². The summed E-state index contributed by atoms with van der Waals surface area (Å²) in [6, 6.07) is 10.1. The third kappa shape index (κ3) is 5.19. The maximum atomic E-state index is 11.7. The van der Waals surface area contributed by atoms with Crippen molar-refractivity contribution in [3.8, 4) is 0 Å². The number of imide groups is 1. The van der Waals surface area contributed by atoms with Gasteiger partial charge in [0.05, 0.1) is 13.1 Å². The smallest absolute Gasteiger partial charge is 0.321 e. The molecule has 0 bridgehead atoms. The van der Waals surface area contributed by atoms with E-state index in [1.165, 1.54) is 17.5 Å². The van der Waals surface area contributed by atoms with Gasteiger partial charge in [-0.1, -0.05) is 30.3 Å². The molecule has 1 aromatic carbocycles. The molecule has 0 saturated carbocycles. The zero-order valence-electron chi connectivity index (χ0n) is 12.5. The number of likely N-dealkylation sites (tertiary alicyclic amines) is 1. The van der Waals surface area contributed by atoms with Gasteiger partial charge in [0.2, 0.25) is 0 Å². The second-order valence-electron chi connectivity index (χ2n) is 5.69. The van der Waals surface area contributed by atoms with E-state index in [1.807, 2.05) is 6.07 Å². The van der Waals surface area contributed by atoms with Crippen LogP contribution in [-0.4, -0.2) is 38.6 Å². The lowest BCUT2D eigenvalue weighted by atomic mass is 9.90. The van der Waals surface area contributed by atoms with Crippen LogP contribution in [0.1, 0.15) is 18.4 Å². The predicted octanol–water partition coefficient (Wildman–Crippen LogP) is -0.0204. The number of benzene rings is 1. The minimum Gasteiger partial charge on any atom is -0.341 e. The molecule has 1 aliphatic heterocycles. The molecule has 5 nitrogen and oxygen atoms in total. The quantitative estimate of drug-likeness (QED) is 0.730. The van der Waals surface area contributed by atoms with Gasteiger partial charge in [0, 0.05) is 7.05 Å². The fourth-order valence-electron chi connectivity index (χ4n) is 2.87. The first-order chi connectivity index (χ1) is 10.2. The highest BCUT2D eigenvalue weighted by atomic mass is 16.2. The number of rotatable bonds is 4. The van der Waals surface area contributed by atoms with Crippen molar-refractivity contribution >= 4 is 11.9 Å².